The summed E-state index contributed by atoms with van der Waals surface area (Å²) in [6, 6.07) is 10.3. The number of carbonyl (C=O) groups excluding carboxylic acids is 1. The van der Waals surface area contributed by atoms with Crippen LogP contribution in [-0.2, 0) is 23.0 Å². The summed E-state index contributed by atoms with van der Waals surface area (Å²) in [5, 5.41) is 4.31. The summed E-state index contributed by atoms with van der Waals surface area (Å²) in [6.07, 6.45) is 6.14. The Morgan fingerprint density at radius 1 is 1.30 bits per heavy atom. The second kappa shape index (κ2) is 9.15. The van der Waals surface area contributed by atoms with Gasteiger partial charge in [-0.25, -0.2) is 0 Å². The van der Waals surface area contributed by atoms with E-state index < -0.39 is 0 Å². The monoisotopic (exact) mass is 370 g/mol. The van der Waals surface area contributed by atoms with Crippen LogP contribution in [0, 0.1) is 0 Å². The molecular formula is C21H30N4O2. The number of hydrogen-bond donors (Lipinski definition) is 0. The molecule has 0 saturated carbocycles. The zero-order chi connectivity index (χ0) is 19.2. The summed E-state index contributed by atoms with van der Waals surface area (Å²) in [4.78, 5) is 17.1. The summed E-state index contributed by atoms with van der Waals surface area (Å²) in [6.45, 7) is 1.99. The van der Waals surface area contributed by atoms with Gasteiger partial charge in [-0.3, -0.25) is 9.48 Å². The number of aromatic nitrogens is 2. The largest absolute Gasteiger partial charge is 0.373 e. The highest BCUT2D eigenvalue weighted by atomic mass is 16.5. The van der Waals surface area contributed by atoms with Crippen LogP contribution in [0.3, 0.4) is 0 Å². The van der Waals surface area contributed by atoms with Gasteiger partial charge in [0.15, 0.2) is 0 Å². The average Bonchev–Trinajstić information content (AvgIpc) is 3.08. The number of amides is 1. The van der Waals surface area contributed by atoms with Crippen molar-refractivity contribution in [3.63, 3.8) is 0 Å². The Bertz CT molecular complexity index is 729. The predicted octanol–water partition coefficient (Wildman–Crippen LogP) is 2.27. The molecule has 0 bridgehead atoms. The van der Waals surface area contributed by atoms with Crippen LogP contribution in [0.15, 0.2) is 42.7 Å². The lowest BCUT2D eigenvalue weighted by Crippen LogP contribution is -2.51. The zero-order valence-corrected chi connectivity index (χ0v) is 16.5. The van der Waals surface area contributed by atoms with E-state index in [1.807, 2.05) is 56.6 Å². The van der Waals surface area contributed by atoms with E-state index in [1.54, 1.807) is 4.68 Å². The molecule has 2 aromatic rings. The van der Waals surface area contributed by atoms with Gasteiger partial charge >= 0.3 is 0 Å². The lowest BCUT2D eigenvalue weighted by Gasteiger charge is -2.42. The van der Waals surface area contributed by atoms with Crippen LogP contribution in [-0.4, -0.2) is 65.4 Å². The maximum Gasteiger partial charge on any atom is 0.223 e. The number of hydrogen-bond acceptors (Lipinski definition) is 4. The van der Waals surface area contributed by atoms with E-state index in [-0.39, 0.29) is 18.1 Å². The second-order valence-electron chi connectivity index (χ2n) is 7.49. The summed E-state index contributed by atoms with van der Waals surface area (Å²) >= 11 is 0. The molecule has 0 aliphatic carbocycles. The highest BCUT2D eigenvalue weighted by molar-refractivity contribution is 5.77. The van der Waals surface area contributed by atoms with Crippen LogP contribution < -0.4 is 0 Å². The molecule has 27 heavy (non-hydrogen) atoms. The molecule has 146 valence electrons. The van der Waals surface area contributed by atoms with Gasteiger partial charge in [0.2, 0.25) is 5.91 Å². The van der Waals surface area contributed by atoms with Crippen molar-refractivity contribution in [3.05, 3.63) is 53.9 Å². The Labute approximate surface area is 161 Å². The van der Waals surface area contributed by atoms with E-state index in [9.17, 15) is 4.79 Å². The van der Waals surface area contributed by atoms with Crippen LogP contribution >= 0.6 is 0 Å². The van der Waals surface area contributed by atoms with Crippen LogP contribution in [0.2, 0.25) is 0 Å². The fourth-order valence-electron chi connectivity index (χ4n) is 3.75. The van der Waals surface area contributed by atoms with Crippen LogP contribution in [0.4, 0.5) is 0 Å². The first-order chi connectivity index (χ1) is 13.0. The van der Waals surface area contributed by atoms with Gasteiger partial charge in [-0.1, -0.05) is 30.3 Å². The van der Waals surface area contributed by atoms with Gasteiger partial charge in [0.05, 0.1) is 24.9 Å². The zero-order valence-electron chi connectivity index (χ0n) is 16.5. The number of nitrogens with zero attached hydrogens (tertiary/aromatic N) is 4. The van der Waals surface area contributed by atoms with Gasteiger partial charge in [-0.15, -0.1) is 0 Å². The Hall–Kier alpha value is -2.18. The standard InChI is InChI=1S/C21H30N4O2/c1-23(2)16-19-21(18-14-22-24(3)15-18)25(12-13-27-19)20(26)11-7-10-17-8-5-4-6-9-17/h4-6,8-9,14-15,19,21H,7,10-13,16H2,1-3H3/t19-,21-/m0/s1. The van der Waals surface area contributed by atoms with Gasteiger partial charge in [-0.2, -0.15) is 5.10 Å². The summed E-state index contributed by atoms with van der Waals surface area (Å²) in [7, 11) is 5.97. The minimum absolute atomic E-state index is 0.0453. The first-order valence-corrected chi connectivity index (χ1v) is 9.63. The Morgan fingerprint density at radius 3 is 2.74 bits per heavy atom. The molecular weight excluding hydrogens is 340 g/mol. The molecule has 0 unspecified atom stereocenters. The fourth-order valence-corrected chi connectivity index (χ4v) is 3.75. The average molecular weight is 370 g/mol. The molecule has 1 aromatic heterocycles. The minimum atomic E-state index is -0.0842. The SMILES string of the molecule is CN(C)C[C@@H]1OCCN(C(=O)CCCc2ccccc2)[C@H]1c1cnn(C)c1. The molecule has 1 aliphatic rings. The maximum absolute atomic E-state index is 13.0. The molecule has 0 radical (unpaired) electrons. The minimum Gasteiger partial charge on any atom is -0.373 e. The molecule has 6 nitrogen and oxygen atoms in total. The number of benzene rings is 1. The molecule has 2 atom stereocenters. The number of rotatable bonds is 7. The van der Waals surface area contributed by atoms with E-state index in [4.69, 9.17) is 4.74 Å². The lowest BCUT2D eigenvalue weighted by atomic mass is 9.99. The normalized spacial score (nSPS) is 20.2. The Kier molecular flexibility index (Phi) is 6.63. The third-order valence-corrected chi connectivity index (χ3v) is 4.98. The van der Waals surface area contributed by atoms with Crippen LogP contribution in [0.1, 0.15) is 30.0 Å². The van der Waals surface area contributed by atoms with Crippen molar-refractivity contribution in [2.75, 3.05) is 33.8 Å². The highest BCUT2D eigenvalue weighted by Crippen LogP contribution is 2.30. The van der Waals surface area contributed by atoms with E-state index in [1.165, 1.54) is 5.56 Å². The van der Waals surface area contributed by atoms with E-state index >= 15 is 0 Å². The molecule has 2 heterocycles. The predicted molar refractivity (Wildman–Crippen MR) is 105 cm³/mol. The van der Waals surface area contributed by atoms with E-state index in [0.29, 0.717) is 19.6 Å². The van der Waals surface area contributed by atoms with Crippen molar-refractivity contribution < 1.29 is 9.53 Å². The molecule has 1 saturated heterocycles. The summed E-state index contributed by atoms with van der Waals surface area (Å²) < 4.78 is 7.83. The Morgan fingerprint density at radius 2 is 2.07 bits per heavy atom. The molecule has 1 aromatic carbocycles. The van der Waals surface area contributed by atoms with Crippen molar-refractivity contribution in [1.29, 1.82) is 0 Å². The van der Waals surface area contributed by atoms with Crippen LogP contribution in [0.25, 0.3) is 0 Å². The number of likely N-dealkylation sites (N-methyl/N-ethyl adjacent to an activating group) is 1. The van der Waals surface area contributed by atoms with Gasteiger partial charge in [0, 0.05) is 38.3 Å². The first kappa shape index (κ1) is 19.6. The van der Waals surface area contributed by atoms with Crippen molar-refractivity contribution in [1.82, 2.24) is 19.6 Å². The molecule has 0 N–H and O–H groups in total. The summed E-state index contributed by atoms with van der Waals surface area (Å²) in [5.41, 5.74) is 2.32. The number of carbonyl (C=O) groups is 1. The number of ether oxygens (including phenoxy) is 1. The van der Waals surface area contributed by atoms with Crippen LogP contribution in [0.5, 0.6) is 0 Å². The molecule has 3 rings (SSSR count). The van der Waals surface area contributed by atoms with Crippen molar-refractivity contribution in [3.8, 4) is 0 Å². The smallest absolute Gasteiger partial charge is 0.223 e. The van der Waals surface area contributed by atoms with E-state index in [0.717, 1.165) is 24.9 Å². The molecule has 1 fully saturated rings. The Balaban J connectivity index is 1.69. The second-order valence-corrected chi connectivity index (χ2v) is 7.49. The first-order valence-electron chi connectivity index (χ1n) is 9.63. The van der Waals surface area contributed by atoms with Gasteiger partial charge in [-0.05, 0) is 32.5 Å². The topological polar surface area (TPSA) is 50.6 Å². The quantitative estimate of drug-likeness (QED) is 0.750. The molecule has 1 aliphatic heterocycles. The van der Waals surface area contributed by atoms with Gasteiger partial charge < -0.3 is 14.5 Å². The van der Waals surface area contributed by atoms with Crippen molar-refractivity contribution >= 4 is 5.91 Å². The number of aryl methyl sites for hydroxylation is 2. The third-order valence-electron chi connectivity index (χ3n) is 4.98. The highest BCUT2D eigenvalue weighted by Gasteiger charge is 2.37. The number of morpholine rings is 1. The van der Waals surface area contributed by atoms with Crippen molar-refractivity contribution in [2.45, 2.75) is 31.4 Å². The van der Waals surface area contributed by atoms with E-state index in [2.05, 4.69) is 22.1 Å². The van der Waals surface area contributed by atoms with Crippen molar-refractivity contribution in [2.24, 2.45) is 7.05 Å². The van der Waals surface area contributed by atoms with Gasteiger partial charge in [0.25, 0.3) is 0 Å². The molecule has 1 amide bonds. The molecule has 6 heteroatoms. The van der Waals surface area contributed by atoms with Gasteiger partial charge in [0.1, 0.15) is 0 Å². The molecule has 0 spiro atoms. The maximum atomic E-state index is 13.0. The third kappa shape index (κ3) is 5.17. The lowest BCUT2D eigenvalue weighted by molar-refractivity contribution is -0.148. The summed E-state index contributed by atoms with van der Waals surface area (Å²) in [5.74, 6) is 0.201. The fraction of sp³-hybridized carbons (Fsp3) is 0.524.